The van der Waals surface area contributed by atoms with Gasteiger partial charge >= 0.3 is 0 Å². The van der Waals surface area contributed by atoms with Crippen molar-refractivity contribution in [3.8, 4) is 6.19 Å². The molecule has 0 aromatic carbocycles. The van der Waals surface area contributed by atoms with Crippen molar-refractivity contribution in [1.29, 1.82) is 5.26 Å². The van der Waals surface area contributed by atoms with E-state index in [1.807, 2.05) is 32.9 Å². The van der Waals surface area contributed by atoms with Crippen molar-refractivity contribution in [1.82, 2.24) is 4.98 Å². The second kappa shape index (κ2) is 6.17. The summed E-state index contributed by atoms with van der Waals surface area (Å²) in [6.07, 6.45) is 3.46. The Morgan fingerprint density at radius 1 is 1.50 bits per heavy atom. The maximum atomic E-state index is 8.21. The highest BCUT2D eigenvalue weighted by Crippen LogP contribution is 2.03. The van der Waals surface area contributed by atoms with Gasteiger partial charge in [0.2, 0.25) is 0 Å². The molecule has 0 saturated heterocycles. The lowest BCUT2D eigenvalue weighted by molar-refractivity contribution is 1.27. The van der Waals surface area contributed by atoms with Gasteiger partial charge in [-0.15, -0.1) is 0 Å². The van der Waals surface area contributed by atoms with Crippen LogP contribution in [0.5, 0.6) is 0 Å². The Hall–Kier alpha value is -1.56. The molecule has 0 atom stereocenters. The number of hydrogen-bond acceptors (Lipinski definition) is 3. The minimum absolute atomic E-state index is 0.600. The fourth-order valence-corrected chi connectivity index (χ4v) is 0.662. The number of pyridine rings is 1. The Balaban J connectivity index is 0.000000561. The lowest BCUT2D eigenvalue weighted by Crippen LogP contribution is -1.90. The molecule has 0 aliphatic heterocycles. The molecule has 0 fully saturated rings. The van der Waals surface area contributed by atoms with Gasteiger partial charge in [0.15, 0.2) is 6.19 Å². The molecule has 1 aromatic rings. The highest BCUT2D eigenvalue weighted by molar-refractivity contribution is 5.40. The Labute approximate surface area is 73.1 Å². The van der Waals surface area contributed by atoms with Crippen molar-refractivity contribution in [2.75, 3.05) is 5.32 Å². The van der Waals surface area contributed by atoms with Crippen LogP contribution in [-0.4, -0.2) is 4.98 Å². The van der Waals surface area contributed by atoms with Crippen molar-refractivity contribution < 1.29 is 0 Å². The van der Waals surface area contributed by atoms with Crippen LogP contribution in [0.25, 0.3) is 0 Å². The highest BCUT2D eigenvalue weighted by Gasteiger charge is 1.88. The normalized spacial score (nSPS) is 7.50. The van der Waals surface area contributed by atoms with Gasteiger partial charge in [0, 0.05) is 6.20 Å². The average Bonchev–Trinajstić information content (AvgIpc) is 2.09. The molecule has 12 heavy (non-hydrogen) atoms. The van der Waals surface area contributed by atoms with Crippen LogP contribution in [-0.2, 0) is 0 Å². The van der Waals surface area contributed by atoms with Gasteiger partial charge < -0.3 is 0 Å². The number of nitriles is 1. The number of nitrogens with one attached hydrogen (secondary N) is 1. The molecule has 0 amide bonds. The van der Waals surface area contributed by atoms with Gasteiger partial charge in [-0.3, -0.25) is 5.32 Å². The van der Waals surface area contributed by atoms with Crippen LogP contribution < -0.4 is 5.32 Å². The Morgan fingerprint density at radius 2 is 2.17 bits per heavy atom. The van der Waals surface area contributed by atoms with E-state index in [9.17, 15) is 0 Å². The summed E-state index contributed by atoms with van der Waals surface area (Å²) < 4.78 is 0. The smallest absolute Gasteiger partial charge is 0.182 e. The lowest BCUT2D eigenvalue weighted by atomic mass is 10.3. The maximum Gasteiger partial charge on any atom is 0.182 e. The van der Waals surface area contributed by atoms with Crippen LogP contribution in [0.1, 0.15) is 19.4 Å². The number of hydrogen-bond donors (Lipinski definition) is 1. The first kappa shape index (κ1) is 10.4. The molecule has 0 bridgehead atoms. The predicted molar refractivity (Wildman–Crippen MR) is 49.6 cm³/mol. The largest absolute Gasteiger partial charge is 0.277 e. The van der Waals surface area contributed by atoms with E-state index < -0.39 is 0 Å². The maximum absolute atomic E-state index is 8.21. The van der Waals surface area contributed by atoms with E-state index in [0.29, 0.717) is 5.82 Å². The SMILES string of the molecule is CC.Cc1ccnc(NC#N)c1. The van der Waals surface area contributed by atoms with E-state index in [-0.39, 0.29) is 0 Å². The summed E-state index contributed by atoms with van der Waals surface area (Å²) in [7, 11) is 0. The van der Waals surface area contributed by atoms with Crippen molar-refractivity contribution in [3.05, 3.63) is 23.9 Å². The molecule has 1 rings (SSSR count). The van der Waals surface area contributed by atoms with Gasteiger partial charge in [0.05, 0.1) is 0 Å². The van der Waals surface area contributed by atoms with Crippen LogP contribution in [0.4, 0.5) is 5.82 Å². The summed E-state index contributed by atoms with van der Waals surface area (Å²) in [5, 5.41) is 10.7. The standard InChI is InChI=1S/C7H7N3.C2H6/c1-6-2-3-9-7(4-6)10-5-8;1-2/h2-4H,1H3,(H,9,10);1-2H3. The molecule has 0 aliphatic carbocycles. The summed E-state index contributed by atoms with van der Waals surface area (Å²) in [5.74, 6) is 0.600. The first-order valence-electron chi connectivity index (χ1n) is 3.90. The van der Waals surface area contributed by atoms with E-state index >= 15 is 0 Å². The van der Waals surface area contributed by atoms with E-state index in [1.165, 1.54) is 0 Å². The second-order valence-corrected chi connectivity index (χ2v) is 1.96. The van der Waals surface area contributed by atoms with Gasteiger partial charge in [-0.2, -0.15) is 5.26 Å². The molecule has 3 nitrogen and oxygen atoms in total. The second-order valence-electron chi connectivity index (χ2n) is 1.96. The van der Waals surface area contributed by atoms with E-state index in [4.69, 9.17) is 5.26 Å². The Morgan fingerprint density at radius 3 is 2.67 bits per heavy atom. The first-order chi connectivity index (χ1) is 5.83. The first-order valence-corrected chi connectivity index (χ1v) is 3.90. The van der Waals surface area contributed by atoms with Crippen LogP contribution in [0.3, 0.4) is 0 Å². The minimum Gasteiger partial charge on any atom is -0.277 e. The predicted octanol–water partition coefficient (Wildman–Crippen LogP) is 2.31. The summed E-state index contributed by atoms with van der Waals surface area (Å²) in [6, 6.07) is 3.69. The molecular weight excluding hydrogens is 150 g/mol. The van der Waals surface area contributed by atoms with Gasteiger partial charge in [0.25, 0.3) is 0 Å². The topological polar surface area (TPSA) is 48.7 Å². The Bertz CT molecular complexity index is 263. The summed E-state index contributed by atoms with van der Waals surface area (Å²) in [5.41, 5.74) is 1.09. The number of rotatable bonds is 1. The molecule has 1 heterocycles. The summed E-state index contributed by atoms with van der Waals surface area (Å²) in [4.78, 5) is 3.90. The molecule has 0 spiro atoms. The fraction of sp³-hybridized carbons (Fsp3) is 0.333. The molecule has 0 unspecified atom stereocenters. The molecular formula is C9H13N3. The van der Waals surface area contributed by atoms with Crippen LogP contribution >= 0.6 is 0 Å². The summed E-state index contributed by atoms with van der Waals surface area (Å²) >= 11 is 0. The summed E-state index contributed by atoms with van der Waals surface area (Å²) in [6.45, 7) is 5.95. The third kappa shape index (κ3) is 3.57. The third-order valence-electron chi connectivity index (χ3n) is 1.10. The van der Waals surface area contributed by atoms with Gasteiger partial charge in [0.1, 0.15) is 5.82 Å². The average molecular weight is 163 g/mol. The van der Waals surface area contributed by atoms with Crippen molar-refractivity contribution >= 4 is 5.82 Å². The Kier molecular flexibility index (Phi) is 5.37. The quantitative estimate of drug-likeness (QED) is 0.510. The number of aryl methyl sites for hydroxylation is 1. The number of aromatic nitrogens is 1. The molecule has 64 valence electrons. The molecule has 1 N–H and O–H groups in total. The zero-order valence-corrected chi connectivity index (χ0v) is 7.63. The molecule has 0 aliphatic rings. The molecule has 0 radical (unpaired) electrons. The molecule has 3 heteroatoms. The van der Waals surface area contributed by atoms with Crippen molar-refractivity contribution in [2.45, 2.75) is 20.8 Å². The van der Waals surface area contributed by atoms with Crippen LogP contribution in [0.15, 0.2) is 18.3 Å². The monoisotopic (exact) mass is 163 g/mol. The van der Waals surface area contributed by atoms with E-state index in [0.717, 1.165) is 5.56 Å². The highest BCUT2D eigenvalue weighted by atomic mass is 15.0. The van der Waals surface area contributed by atoms with Crippen molar-refractivity contribution in [3.63, 3.8) is 0 Å². The van der Waals surface area contributed by atoms with Crippen LogP contribution in [0, 0.1) is 18.4 Å². The minimum atomic E-state index is 0.600. The number of nitrogens with zero attached hydrogens (tertiary/aromatic N) is 2. The van der Waals surface area contributed by atoms with E-state index in [1.54, 1.807) is 12.4 Å². The zero-order chi connectivity index (χ0) is 9.40. The van der Waals surface area contributed by atoms with Gasteiger partial charge in [-0.1, -0.05) is 13.8 Å². The van der Waals surface area contributed by atoms with Crippen molar-refractivity contribution in [2.24, 2.45) is 0 Å². The van der Waals surface area contributed by atoms with Gasteiger partial charge in [-0.25, -0.2) is 4.98 Å². The zero-order valence-electron chi connectivity index (χ0n) is 7.63. The lowest BCUT2D eigenvalue weighted by Gasteiger charge is -1.94. The molecule has 1 aromatic heterocycles. The molecule has 0 saturated carbocycles. The fourth-order valence-electron chi connectivity index (χ4n) is 0.662. The van der Waals surface area contributed by atoms with Crippen LogP contribution in [0.2, 0.25) is 0 Å². The van der Waals surface area contributed by atoms with Gasteiger partial charge in [-0.05, 0) is 24.6 Å². The van der Waals surface area contributed by atoms with E-state index in [2.05, 4.69) is 10.3 Å². The third-order valence-corrected chi connectivity index (χ3v) is 1.10. The number of anilines is 1.